The summed E-state index contributed by atoms with van der Waals surface area (Å²) in [5.74, 6) is 1.05. The minimum atomic E-state index is 1.02. The van der Waals surface area contributed by atoms with Gasteiger partial charge in [0.15, 0.2) is 0 Å². The van der Waals surface area contributed by atoms with Crippen LogP contribution in [0.2, 0.25) is 0 Å². The molecule has 3 heteroatoms. The maximum Gasteiger partial charge on any atom is 0.103 e. The average Bonchev–Trinajstić information content (AvgIpc) is 2.43. The van der Waals surface area contributed by atoms with E-state index in [1.807, 2.05) is 6.92 Å². The van der Waals surface area contributed by atoms with Gasteiger partial charge in [0, 0.05) is 13.1 Å². The highest BCUT2D eigenvalue weighted by atomic mass is 15.2. The van der Waals surface area contributed by atoms with Crippen LogP contribution in [0.5, 0.6) is 0 Å². The van der Waals surface area contributed by atoms with E-state index in [-0.39, 0.29) is 0 Å². The number of aromatic amines is 1. The highest BCUT2D eigenvalue weighted by Crippen LogP contribution is 2.19. The zero-order valence-electron chi connectivity index (χ0n) is 7.02. The molecule has 2 heterocycles. The Morgan fingerprint density at radius 1 is 1.55 bits per heavy atom. The van der Waals surface area contributed by atoms with E-state index in [0.29, 0.717) is 0 Å². The topological polar surface area (TPSA) is 31.9 Å². The van der Waals surface area contributed by atoms with E-state index in [1.165, 1.54) is 11.4 Å². The Morgan fingerprint density at radius 2 is 2.36 bits per heavy atom. The second-order valence-corrected chi connectivity index (χ2v) is 3.05. The first-order chi connectivity index (χ1) is 5.29. The maximum atomic E-state index is 4.39. The summed E-state index contributed by atoms with van der Waals surface area (Å²) in [5.41, 5.74) is 2.55. The van der Waals surface area contributed by atoms with Crippen LogP contribution in [0.3, 0.4) is 0 Å². The molecule has 3 nitrogen and oxygen atoms in total. The van der Waals surface area contributed by atoms with E-state index in [0.717, 1.165) is 25.5 Å². The molecule has 0 saturated heterocycles. The molecule has 0 saturated carbocycles. The van der Waals surface area contributed by atoms with E-state index < -0.39 is 0 Å². The zero-order valence-corrected chi connectivity index (χ0v) is 7.02. The van der Waals surface area contributed by atoms with Crippen molar-refractivity contribution in [1.29, 1.82) is 0 Å². The van der Waals surface area contributed by atoms with Crippen LogP contribution in [0.25, 0.3) is 0 Å². The summed E-state index contributed by atoms with van der Waals surface area (Å²) in [5, 5.41) is 0. The van der Waals surface area contributed by atoms with E-state index in [4.69, 9.17) is 0 Å². The summed E-state index contributed by atoms with van der Waals surface area (Å²) in [6.07, 6.45) is 0. The summed E-state index contributed by atoms with van der Waals surface area (Å²) < 4.78 is 0. The molecule has 0 aromatic carbocycles. The van der Waals surface area contributed by atoms with Crippen LogP contribution in [0.4, 0.5) is 0 Å². The standard InChI is InChI=1S/C8H13N3/c1-3-11-4-7-8(5-11)10-6(2)9-7/h3-5H2,1-2H3,(H,9,10). The highest BCUT2D eigenvalue weighted by Gasteiger charge is 2.20. The van der Waals surface area contributed by atoms with Gasteiger partial charge in [-0.1, -0.05) is 6.92 Å². The fraction of sp³-hybridized carbons (Fsp3) is 0.625. The molecular weight excluding hydrogens is 138 g/mol. The molecule has 1 aliphatic heterocycles. The van der Waals surface area contributed by atoms with Gasteiger partial charge in [0.05, 0.1) is 11.4 Å². The normalized spacial score (nSPS) is 17.3. The van der Waals surface area contributed by atoms with Crippen molar-refractivity contribution in [2.24, 2.45) is 0 Å². The fourth-order valence-electron chi connectivity index (χ4n) is 1.56. The van der Waals surface area contributed by atoms with Gasteiger partial charge in [-0.2, -0.15) is 0 Å². The van der Waals surface area contributed by atoms with Crippen molar-refractivity contribution in [3.05, 3.63) is 17.2 Å². The lowest BCUT2D eigenvalue weighted by molar-refractivity contribution is 0.296. The summed E-state index contributed by atoms with van der Waals surface area (Å²) in [7, 11) is 0. The molecule has 0 spiro atoms. The number of nitrogens with one attached hydrogen (secondary N) is 1. The molecule has 11 heavy (non-hydrogen) atoms. The van der Waals surface area contributed by atoms with Crippen molar-refractivity contribution in [1.82, 2.24) is 14.9 Å². The summed E-state index contributed by atoms with van der Waals surface area (Å²) in [6, 6.07) is 0. The molecule has 0 bridgehead atoms. The van der Waals surface area contributed by atoms with Crippen LogP contribution in [0.1, 0.15) is 24.1 Å². The number of hydrogen-bond acceptors (Lipinski definition) is 2. The van der Waals surface area contributed by atoms with Gasteiger partial charge >= 0.3 is 0 Å². The predicted molar refractivity (Wildman–Crippen MR) is 43.1 cm³/mol. The Hall–Kier alpha value is -0.830. The van der Waals surface area contributed by atoms with Gasteiger partial charge in [0.25, 0.3) is 0 Å². The van der Waals surface area contributed by atoms with Crippen molar-refractivity contribution < 1.29 is 0 Å². The smallest absolute Gasteiger partial charge is 0.103 e. The molecule has 1 aromatic heterocycles. The molecule has 0 fully saturated rings. The number of nitrogens with zero attached hydrogens (tertiary/aromatic N) is 2. The third-order valence-corrected chi connectivity index (χ3v) is 2.19. The van der Waals surface area contributed by atoms with Gasteiger partial charge < -0.3 is 4.98 Å². The lowest BCUT2D eigenvalue weighted by Crippen LogP contribution is -2.15. The van der Waals surface area contributed by atoms with Crippen molar-refractivity contribution in [2.75, 3.05) is 6.54 Å². The summed E-state index contributed by atoms with van der Waals surface area (Å²) in [6.45, 7) is 7.37. The first-order valence-electron chi connectivity index (χ1n) is 4.06. The predicted octanol–water partition coefficient (Wildman–Crippen LogP) is 1.05. The Kier molecular flexibility index (Phi) is 1.46. The van der Waals surface area contributed by atoms with Gasteiger partial charge in [-0.25, -0.2) is 4.98 Å². The molecule has 60 valence electrons. The third-order valence-electron chi connectivity index (χ3n) is 2.19. The van der Waals surface area contributed by atoms with Crippen LogP contribution in [-0.4, -0.2) is 21.4 Å². The van der Waals surface area contributed by atoms with Crippen molar-refractivity contribution in [2.45, 2.75) is 26.9 Å². The largest absolute Gasteiger partial charge is 0.345 e. The van der Waals surface area contributed by atoms with Crippen LogP contribution >= 0.6 is 0 Å². The van der Waals surface area contributed by atoms with Gasteiger partial charge in [0.2, 0.25) is 0 Å². The number of H-pyrrole nitrogens is 1. The number of hydrogen-bond donors (Lipinski definition) is 1. The number of fused-ring (bicyclic) bond motifs is 1. The van der Waals surface area contributed by atoms with E-state index >= 15 is 0 Å². The van der Waals surface area contributed by atoms with Crippen molar-refractivity contribution in [3.63, 3.8) is 0 Å². The molecule has 0 unspecified atom stereocenters. The Morgan fingerprint density at radius 3 is 3.00 bits per heavy atom. The van der Waals surface area contributed by atoms with Crippen LogP contribution in [-0.2, 0) is 13.1 Å². The van der Waals surface area contributed by atoms with E-state index in [9.17, 15) is 0 Å². The molecule has 0 atom stereocenters. The summed E-state index contributed by atoms with van der Waals surface area (Å²) >= 11 is 0. The minimum absolute atomic E-state index is 1.02. The van der Waals surface area contributed by atoms with E-state index in [1.54, 1.807) is 0 Å². The number of rotatable bonds is 1. The Bertz CT molecular complexity index is 241. The number of imidazole rings is 1. The Balaban J connectivity index is 2.23. The first kappa shape index (κ1) is 6.85. The lowest BCUT2D eigenvalue weighted by Gasteiger charge is -2.09. The number of aromatic nitrogens is 2. The maximum absolute atomic E-state index is 4.39. The van der Waals surface area contributed by atoms with Crippen LogP contribution in [0, 0.1) is 6.92 Å². The minimum Gasteiger partial charge on any atom is -0.345 e. The monoisotopic (exact) mass is 151 g/mol. The molecule has 0 amide bonds. The third kappa shape index (κ3) is 1.05. The zero-order chi connectivity index (χ0) is 7.84. The van der Waals surface area contributed by atoms with Gasteiger partial charge in [0.1, 0.15) is 5.82 Å². The second-order valence-electron chi connectivity index (χ2n) is 3.05. The Labute approximate surface area is 66.4 Å². The molecule has 1 N–H and O–H groups in total. The van der Waals surface area contributed by atoms with E-state index in [2.05, 4.69) is 21.8 Å². The van der Waals surface area contributed by atoms with Crippen LogP contribution < -0.4 is 0 Å². The molecule has 1 aromatic rings. The SMILES string of the molecule is CCN1Cc2nc(C)[nH]c2C1. The van der Waals surface area contributed by atoms with Gasteiger partial charge in [-0.3, -0.25) is 4.90 Å². The quantitative estimate of drug-likeness (QED) is 0.650. The fourth-order valence-corrected chi connectivity index (χ4v) is 1.56. The summed E-state index contributed by atoms with van der Waals surface area (Å²) in [4.78, 5) is 10.0. The molecule has 0 aliphatic carbocycles. The van der Waals surface area contributed by atoms with Gasteiger partial charge in [-0.15, -0.1) is 0 Å². The van der Waals surface area contributed by atoms with Crippen molar-refractivity contribution in [3.8, 4) is 0 Å². The molecule has 0 radical (unpaired) electrons. The van der Waals surface area contributed by atoms with Crippen LogP contribution in [0.15, 0.2) is 0 Å². The average molecular weight is 151 g/mol. The first-order valence-corrected chi connectivity index (χ1v) is 4.06. The lowest BCUT2D eigenvalue weighted by atomic mass is 10.4. The van der Waals surface area contributed by atoms with Gasteiger partial charge in [-0.05, 0) is 13.5 Å². The van der Waals surface area contributed by atoms with Crippen molar-refractivity contribution >= 4 is 0 Å². The molecule has 1 aliphatic rings. The second kappa shape index (κ2) is 2.34. The highest BCUT2D eigenvalue weighted by molar-refractivity contribution is 5.18. The molecule has 2 rings (SSSR count). The molecular formula is C8H13N3. The number of aryl methyl sites for hydroxylation is 1.